The molecule has 0 saturated carbocycles. The van der Waals surface area contributed by atoms with Gasteiger partial charge in [0, 0.05) is 24.2 Å². The van der Waals surface area contributed by atoms with Gasteiger partial charge in [-0.25, -0.2) is 4.98 Å². The molecule has 0 N–H and O–H groups in total. The molecule has 2 heterocycles. The van der Waals surface area contributed by atoms with E-state index in [1.165, 1.54) is 5.75 Å². The molecule has 0 aliphatic carbocycles. The molecule has 0 atom stereocenters. The van der Waals surface area contributed by atoms with Gasteiger partial charge in [-0.1, -0.05) is 18.2 Å². The molecule has 96 valence electrons. The average molecular weight is 269 g/mol. The van der Waals surface area contributed by atoms with Gasteiger partial charge >= 0.3 is 0 Å². The molecule has 1 aromatic carbocycles. The number of benzene rings is 1. The molecule has 0 bridgehead atoms. The summed E-state index contributed by atoms with van der Waals surface area (Å²) < 4.78 is 0. The first-order valence-electron chi connectivity index (χ1n) is 6.51. The second-order valence-corrected chi connectivity index (χ2v) is 5.84. The molecule has 1 saturated heterocycles. The Labute approximate surface area is 117 Å². The Morgan fingerprint density at radius 3 is 3.00 bits per heavy atom. The van der Waals surface area contributed by atoms with Crippen LogP contribution in [0.25, 0.3) is 10.9 Å². The largest absolute Gasteiger partial charge is 0.355 e. The van der Waals surface area contributed by atoms with Crippen molar-refractivity contribution in [2.45, 2.75) is 6.42 Å². The molecule has 1 fully saturated rings. The zero-order valence-electron chi connectivity index (χ0n) is 10.7. The fourth-order valence-corrected chi connectivity index (χ4v) is 3.27. The molecule has 2 aromatic rings. The van der Waals surface area contributed by atoms with Gasteiger partial charge in [0.2, 0.25) is 0 Å². The molecule has 1 aliphatic heterocycles. The van der Waals surface area contributed by atoms with Gasteiger partial charge < -0.3 is 4.90 Å². The van der Waals surface area contributed by atoms with E-state index in [1.807, 2.05) is 42.1 Å². The van der Waals surface area contributed by atoms with Crippen LogP contribution in [0.3, 0.4) is 0 Å². The van der Waals surface area contributed by atoms with E-state index in [9.17, 15) is 5.26 Å². The maximum absolute atomic E-state index is 9.36. The minimum atomic E-state index is 0.686. The number of thioether (sulfide) groups is 1. The molecule has 1 aliphatic rings. The third kappa shape index (κ3) is 2.52. The van der Waals surface area contributed by atoms with Gasteiger partial charge in [-0.05, 0) is 24.3 Å². The van der Waals surface area contributed by atoms with E-state index < -0.39 is 0 Å². The minimum absolute atomic E-state index is 0.686. The summed E-state index contributed by atoms with van der Waals surface area (Å²) >= 11 is 1.98. The van der Waals surface area contributed by atoms with Crippen LogP contribution in [0.2, 0.25) is 0 Å². The summed E-state index contributed by atoms with van der Waals surface area (Å²) in [6.45, 7) is 1.97. The molecule has 19 heavy (non-hydrogen) atoms. The van der Waals surface area contributed by atoms with Gasteiger partial charge in [-0.2, -0.15) is 17.0 Å². The van der Waals surface area contributed by atoms with Crippen molar-refractivity contribution in [2.24, 2.45) is 0 Å². The number of pyridine rings is 1. The van der Waals surface area contributed by atoms with Crippen molar-refractivity contribution in [1.29, 1.82) is 5.26 Å². The molecular formula is C15H15N3S. The molecule has 3 nitrogen and oxygen atoms in total. The van der Waals surface area contributed by atoms with E-state index >= 15 is 0 Å². The van der Waals surface area contributed by atoms with Gasteiger partial charge in [-0.15, -0.1) is 0 Å². The molecule has 1 aromatic heterocycles. The number of anilines is 1. The summed E-state index contributed by atoms with van der Waals surface area (Å²) in [5.41, 5.74) is 1.65. The second kappa shape index (κ2) is 5.50. The predicted molar refractivity (Wildman–Crippen MR) is 80.6 cm³/mol. The predicted octanol–water partition coefficient (Wildman–Crippen LogP) is 3.05. The van der Waals surface area contributed by atoms with Crippen LogP contribution in [0.15, 0.2) is 30.3 Å². The lowest BCUT2D eigenvalue weighted by Gasteiger charge is -2.22. The summed E-state index contributed by atoms with van der Waals surface area (Å²) in [4.78, 5) is 6.96. The number of nitrogens with zero attached hydrogens (tertiary/aromatic N) is 3. The highest BCUT2D eigenvalue weighted by atomic mass is 32.2. The SMILES string of the molecule is N#Cc1cc2ccccc2nc1N1CCCSCC1. The van der Waals surface area contributed by atoms with Crippen LogP contribution in [0.5, 0.6) is 0 Å². The van der Waals surface area contributed by atoms with E-state index in [4.69, 9.17) is 4.98 Å². The van der Waals surface area contributed by atoms with Crippen LogP contribution in [-0.2, 0) is 0 Å². The maximum atomic E-state index is 9.36. The summed E-state index contributed by atoms with van der Waals surface area (Å²) in [5, 5.41) is 10.4. The first-order valence-corrected chi connectivity index (χ1v) is 7.66. The fraction of sp³-hybridized carbons (Fsp3) is 0.333. The standard InChI is InChI=1S/C15H15N3S/c16-11-13-10-12-4-1-2-5-14(12)17-15(13)18-6-3-8-19-9-7-18/h1-2,4-5,10H,3,6-9H2. The van der Waals surface area contributed by atoms with E-state index in [1.54, 1.807) is 0 Å². The Kier molecular flexibility index (Phi) is 3.56. The Hall–Kier alpha value is -1.73. The number of nitriles is 1. The first kappa shape index (κ1) is 12.3. The summed E-state index contributed by atoms with van der Waals surface area (Å²) in [6, 6.07) is 12.2. The van der Waals surface area contributed by atoms with Crippen LogP contribution in [-0.4, -0.2) is 29.6 Å². The minimum Gasteiger partial charge on any atom is -0.355 e. The third-order valence-corrected chi connectivity index (χ3v) is 4.39. The Balaban J connectivity index is 2.08. The zero-order valence-corrected chi connectivity index (χ0v) is 11.5. The van der Waals surface area contributed by atoms with Crippen LogP contribution in [0.4, 0.5) is 5.82 Å². The highest BCUT2D eigenvalue weighted by Gasteiger charge is 2.16. The third-order valence-electron chi connectivity index (χ3n) is 3.35. The monoisotopic (exact) mass is 269 g/mol. The van der Waals surface area contributed by atoms with E-state index in [0.29, 0.717) is 5.56 Å². The molecule has 4 heteroatoms. The molecule has 0 radical (unpaired) electrons. The fourth-order valence-electron chi connectivity index (χ4n) is 2.39. The Morgan fingerprint density at radius 1 is 1.21 bits per heavy atom. The molecule has 3 rings (SSSR count). The van der Waals surface area contributed by atoms with Crippen molar-refractivity contribution in [3.05, 3.63) is 35.9 Å². The van der Waals surface area contributed by atoms with Gasteiger partial charge in [0.15, 0.2) is 0 Å². The number of rotatable bonds is 1. The molecule has 0 unspecified atom stereocenters. The molecule has 0 amide bonds. The van der Waals surface area contributed by atoms with Crippen LogP contribution in [0, 0.1) is 11.3 Å². The van der Waals surface area contributed by atoms with E-state index in [0.717, 1.165) is 42.0 Å². The lowest BCUT2D eigenvalue weighted by Crippen LogP contribution is -2.27. The zero-order chi connectivity index (χ0) is 13.1. The maximum Gasteiger partial charge on any atom is 0.147 e. The van der Waals surface area contributed by atoms with Crippen LogP contribution < -0.4 is 4.90 Å². The molecule has 0 spiro atoms. The average Bonchev–Trinajstić information content (AvgIpc) is 2.74. The van der Waals surface area contributed by atoms with Crippen LogP contribution >= 0.6 is 11.8 Å². The number of fused-ring (bicyclic) bond motifs is 1. The van der Waals surface area contributed by atoms with Crippen molar-refractivity contribution in [2.75, 3.05) is 29.5 Å². The Bertz CT molecular complexity index is 625. The van der Waals surface area contributed by atoms with E-state index in [2.05, 4.69) is 11.0 Å². The van der Waals surface area contributed by atoms with Crippen LogP contribution in [0.1, 0.15) is 12.0 Å². The highest BCUT2D eigenvalue weighted by molar-refractivity contribution is 7.99. The summed E-state index contributed by atoms with van der Waals surface area (Å²) in [7, 11) is 0. The van der Waals surface area contributed by atoms with Crippen molar-refractivity contribution < 1.29 is 0 Å². The number of hydrogen-bond acceptors (Lipinski definition) is 4. The number of para-hydroxylation sites is 1. The highest BCUT2D eigenvalue weighted by Crippen LogP contribution is 2.25. The summed E-state index contributed by atoms with van der Waals surface area (Å²) in [5.74, 6) is 3.16. The van der Waals surface area contributed by atoms with Gasteiger partial charge in [0.25, 0.3) is 0 Å². The van der Waals surface area contributed by atoms with Gasteiger partial charge in [-0.3, -0.25) is 0 Å². The molecular weight excluding hydrogens is 254 g/mol. The number of aromatic nitrogens is 1. The second-order valence-electron chi connectivity index (χ2n) is 4.62. The topological polar surface area (TPSA) is 39.9 Å². The van der Waals surface area contributed by atoms with E-state index in [-0.39, 0.29) is 0 Å². The first-order chi connectivity index (χ1) is 9.38. The number of hydrogen-bond donors (Lipinski definition) is 0. The van der Waals surface area contributed by atoms with Gasteiger partial charge in [0.1, 0.15) is 11.9 Å². The van der Waals surface area contributed by atoms with Crippen molar-refractivity contribution in [1.82, 2.24) is 4.98 Å². The lowest BCUT2D eigenvalue weighted by molar-refractivity contribution is 0.802. The van der Waals surface area contributed by atoms with Crippen molar-refractivity contribution in [3.8, 4) is 6.07 Å². The quantitative estimate of drug-likeness (QED) is 0.797. The smallest absolute Gasteiger partial charge is 0.147 e. The lowest BCUT2D eigenvalue weighted by atomic mass is 10.1. The van der Waals surface area contributed by atoms with Crippen molar-refractivity contribution >= 4 is 28.5 Å². The normalized spacial score (nSPS) is 16.1. The Morgan fingerprint density at radius 2 is 2.11 bits per heavy atom. The van der Waals surface area contributed by atoms with Gasteiger partial charge in [0.05, 0.1) is 11.1 Å². The van der Waals surface area contributed by atoms with Crippen molar-refractivity contribution in [3.63, 3.8) is 0 Å². The summed E-state index contributed by atoms with van der Waals surface area (Å²) in [6.07, 6.45) is 1.16.